The molecule has 0 unspecified atom stereocenters. The Labute approximate surface area is 73.0 Å². The zero-order chi connectivity index (χ0) is 9.23. The van der Waals surface area contributed by atoms with Crippen LogP contribution in [0.1, 0.15) is 26.2 Å². The summed E-state index contributed by atoms with van der Waals surface area (Å²) in [5.41, 5.74) is 0. The Morgan fingerprint density at radius 1 is 1.42 bits per heavy atom. The molecule has 0 saturated heterocycles. The molecule has 2 nitrogen and oxygen atoms in total. The van der Waals surface area contributed by atoms with Gasteiger partial charge in [-0.15, -0.1) is 0 Å². The molecule has 0 spiro atoms. The van der Waals surface area contributed by atoms with Crippen LogP contribution in [0.2, 0.25) is 0 Å². The lowest BCUT2D eigenvalue weighted by Crippen LogP contribution is -1.86. The third-order valence-corrected chi connectivity index (χ3v) is 1.13. The van der Waals surface area contributed by atoms with Crippen molar-refractivity contribution >= 4 is 5.78 Å². The van der Waals surface area contributed by atoms with Crippen LogP contribution < -0.4 is 0 Å². The molecule has 0 aromatic carbocycles. The van der Waals surface area contributed by atoms with Crippen molar-refractivity contribution in [1.82, 2.24) is 0 Å². The summed E-state index contributed by atoms with van der Waals surface area (Å²) in [5.74, 6) is 10.0. The number of carbonyl (C=O) groups is 1. The minimum absolute atomic E-state index is 0.0912. The van der Waals surface area contributed by atoms with Gasteiger partial charge in [-0.3, -0.25) is 4.79 Å². The van der Waals surface area contributed by atoms with E-state index >= 15 is 0 Å². The Bertz CT molecular complexity index is 244. The van der Waals surface area contributed by atoms with Crippen LogP contribution in [0.5, 0.6) is 0 Å². The summed E-state index contributed by atoms with van der Waals surface area (Å²) in [4.78, 5) is 10.6. The van der Waals surface area contributed by atoms with Crippen LogP contribution in [-0.4, -0.2) is 17.5 Å². The molecule has 0 heterocycles. The van der Waals surface area contributed by atoms with Gasteiger partial charge in [-0.05, 0) is 24.2 Å². The molecular formula is C10H12O2. The number of unbranched alkanes of at least 4 members (excludes halogenated alkanes) is 1. The van der Waals surface area contributed by atoms with E-state index in [1.54, 1.807) is 6.92 Å². The Kier molecular flexibility index (Phi) is 7.03. The largest absolute Gasteiger partial charge is 0.396 e. The van der Waals surface area contributed by atoms with Crippen molar-refractivity contribution in [1.29, 1.82) is 0 Å². The number of rotatable bonds is 3. The summed E-state index contributed by atoms with van der Waals surface area (Å²) < 4.78 is 0. The average molecular weight is 164 g/mol. The number of hydrogen-bond acceptors (Lipinski definition) is 2. The SMILES string of the molecule is CCC(=O)C#CC#CCCCO. The van der Waals surface area contributed by atoms with Crippen molar-refractivity contribution < 1.29 is 9.90 Å². The Morgan fingerprint density at radius 3 is 2.75 bits per heavy atom. The lowest BCUT2D eigenvalue weighted by Gasteiger charge is -1.81. The number of carbonyl (C=O) groups excluding carboxylic acids is 1. The van der Waals surface area contributed by atoms with E-state index in [9.17, 15) is 4.79 Å². The van der Waals surface area contributed by atoms with Crippen molar-refractivity contribution in [3.63, 3.8) is 0 Å². The quantitative estimate of drug-likeness (QED) is 0.379. The molecule has 0 atom stereocenters. The van der Waals surface area contributed by atoms with Crippen molar-refractivity contribution in [3.05, 3.63) is 0 Å². The second-order valence-corrected chi connectivity index (χ2v) is 2.16. The summed E-state index contributed by atoms with van der Waals surface area (Å²) >= 11 is 0. The number of Topliss-reactive ketones (excluding diaryl/α,β-unsaturated/α-hetero) is 1. The van der Waals surface area contributed by atoms with E-state index in [4.69, 9.17) is 5.11 Å². The fourth-order valence-corrected chi connectivity index (χ4v) is 0.463. The fourth-order valence-electron chi connectivity index (χ4n) is 0.463. The molecule has 0 aromatic rings. The summed E-state index contributed by atoms with van der Waals surface area (Å²) in [6.45, 7) is 1.91. The van der Waals surface area contributed by atoms with E-state index in [-0.39, 0.29) is 12.4 Å². The van der Waals surface area contributed by atoms with Crippen molar-refractivity contribution in [2.24, 2.45) is 0 Å². The molecule has 12 heavy (non-hydrogen) atoms. The maximum Gasteiger partial charge on any atom is 0.206 e. The number of aliphatic hydroxyl groups excluding tert-OH is 1. The maximum atomic E-state index is 10.6. The summed E-state index contributed by atoms with van der Waals surface area (Å²) in [5, 5.41) is 8.39. The molecule has 0 fully saturated rings. The molecule has 2 heteroatoms. The van der Waals surface area contributed by atoms with Crippen LogP contribution in [0.15, 0.2) is 0 Å². The Balaban J connectivity index is 3.66. The first-order valence-corrected chi connectivity index (χ1v) is 3.93. The zero-order valence-corrected chi connectivity index (χ0v) is 7.18. The molecule has 1 N–H and O–H groups in total. The second kappa shape index (κ2) is 7.85. The van der Waals surface area contributed by atoms with Crippen LogP contribution in [-0.2, 0) is 4.79 Å². The van der Waals surface area contributed by atoms with Gasteiger partial charge in [0.2, 0.25) is 5.78 Å². The first kappa shape index (κ1) is 10.8. The molecular weight excluding hydrogens is 152 g/mol. The molecule has 0 radical (unpaired) electrons. The van der Waals surface area contributed by atoms with E-state index in [1.165, 1.54) is 0 Å². The van der Waals surface area contributed by atoms with E-state index < -0.39 is 0 Å². The summed E-state index contributed by atoms with van der Waals surface area (Å²) in [6.07, 6.45) is 1.73. The molecule has 0 amide bonds. The van der Waals surface area contributed by atoms with Crippen LogP contribution in [0.25, 0.3) is 0 Å². The smallest absolute Gasteiger partial charge is 0.206 e. The van der Waals surface area contributed by atoms with Gasteiger partial charge in [0.25, 0.3) is 0 Å². The van der Waals surface area contributed by atoms with E-state index in [0.717, 1.165) is 0 Å². The minimum atomic E-state index is -0.0912. The van der Waals surface area contributed by atoms with Crippen LogP contribution >= 0.6 is 0 Å². The van der Waals surface area contributed by atoms with Gasteiger partial charge in [-0.25, -0.2) is 0 Å². The van der Waals surface area contributed by atoms with Gasteiger partial charge < -0.3 is 5.11 Å². The first-order chi connectivity index (χ1) is 5.81. The highest BCUT2D eigenvalue weighted by Crippen LogP contribution is 1.81. The van der Waals surface area contributed by atoms with E-state index in [1.807, 2.05) is 0 Å². The van der Waals surface area contributed by atoms with Crippen molar-refractivity contribution in [2.45, 2.75) is 26.2 Å². The highest BCUT2D eigenvalue weighted by Gasteiger charge is 1.85. The second-order valence-electron chi connectivity index (χ2n) is 2.16. The molecule has 0 saturated carbocycles. The van der Waals surface area contributed by atoms with E-state index in [2.05, 4.69) is 23.7 Å². The van der Waals surface area contributed by atoms with Gasteiger partial charge in [0.15, 0.2) is 0 Å². The standard InChI is InChI=1S/C10H12O2/c1-2-10(12)8-6-4-3-5-7-9-11/h11H,2,5,7,9H2,1H3. The highest BCUT2D eigenvalue weighted by atomic mass is 16.2. The molecule has 0 aromatic heterocycles. The zero-order valence-electron chi connectivity index (χ0n) is 7.18. The number of ketones is 1. The van der Waals surface area contributed by atoms with Crippen LogP contribution in [0, 0.1) is 23.7 Å². The first-order valence-electron chi connectivity index (χ1n) is 3.93. The molecule has 0 rings (SSSR count). The monoisotopic (exact) mass is 164 g/mol. The maximum absolute atomic E-state index is 10.6. The number of aliphatic hydroxyl groups is 1. The Morgan fingerprint density at radius 2 is 2.17 bits per heavy atom. The fraction of sp³-hybridized carbons (Fsp3) is 0.500. The minimum Gasteiger partial charge on any atom is -0.396 e. The molecule has 0 aliphatic rings. The molecule has 0 aliphatic heterocycles. The normalized spacial score (nSPS) is 7.50. The number of hydrogen-bond donors (Lipinski definition) is 1. The average Bonchev–Trinajstić information content (AvgIpc) is 2.10. The molecule has 0 aliphatic carbocycles. The van der Waals surface area contributed by atoms with Gasteiger partial charge in [0.1, 0.15) is 0 Å². The van der Waals surface area contributed by atoms with Crippen LogP contribution in [0.4, 0.5) is 0 Å². The van der Waals surface area contributed by atoms with Gasteiger partial charge in [-0.1, -0.05) is 12.8 Å². The van der Waals surface area contributed by atoms with Gasteiger partial charge >= 0.3 is 0 Å². The van der Waals surface area contributed by atoms with Gasteiger partial charge in [0, 0.05) is 19.4 Å². The van der Waals surface area contributed by atoms with E-state index in [0.29, 0.717) is 19.3 Å². The van der Waals surface area contributed by atoms with Gasteiger partial charge in [0.05, 0.1) is 0 Å². The van der Waals surface area contributed by atoms with Crippen molar-refractivity contribution in [3.8, 4) is 23.7 Å². The third-order valence-electron chi connectivity index (χ3n) is 1.13. The van der Waals surface area contributed by atoms with Gasteiger partial charge in [-0.2, -0.15) is 0 Å². The lowest BCUT2D eigenvalue weighted by molar-refractivity contribution is -0.113. The highest BCUT2D eigenvalue weighted by molar-refractivity contribution is 5.95. The predicted octanol–water partition coefficient (Wildman–Crippen LogP) is 0.745. The Hall–Kier alpha value is -1.25. The summed E-state index contributed by atoms with van der Waals surface area (Å²) in [7, 11) is 0. The van der Waals surface area contributed by atoms with Crippen LogP contribution in [0.3, 0.4) is 0 Å². The van der Waals surface area contributed by atoms with Crippen molar-refractivity contribution in [2.75, 3.05) is 6.61 Å². The molecule has 0 bridgehead atoms. The summed E-state index contributed by atoms with van der Waals surface area (Å²) in [6, 6.07) is 0. The topological polar surface area (TPSA) is 37.3 Å². The lowest BCUT2D eigenvalue weighted by atomic mass is 10.3. The predicted molar refractivity (Wildman–Crippen MR) is 47.2 cm³/mol. The molecule has 64 valence electrons. The third kappa shape index (κ3) is 6.86.